The van der Waals surface area contributed by atoms with Gasteiger partial charge in [-0.05, 0) is 42.5 Å². The molecule has 1 aromatic heterocycles. The molecule has 0 spiro atoms. The predicted molar refractivity (Wildman–Crippen MR) is 72.5 cm³/mol. The van der Waals surface area contributed by atoms with Gasteiger partial charge in [-0.25, -0.2) is 4.39 Å². The van der Waals surface area contributed by atoms with Gasteiger partial charge in [-0.15, -0.1) is 0 Å². The van der Waals surface area contributed by atoms with Crippen molar-refractivity contribution in [2.75, 3.05) is 13.1 Å². The highest BCUT2D eigenvalue weighted by atomic mass is 19.1. The number of rotatable bonds is 1. The smallest absolute Gasteiger partial charge is 0.219 e. The third-order valence-electron chi connectivity index (χ3n) is 4.06. The third-order valence-corrected chi connectivity index (χ3v) is 4.06. The molecule has 0 aliphatic carbocycles. The number of likely N-dealkylation sites (tertiary alicyclic amines) is 1. The van der Waals surface area contributed by atoms with Gasteiger partial charge in [-0.2, -0.15) is 0 Å². The maximum Gasteiger partial charge on any atom is 0.219 e. The average molecular weight is 260 g/mol. The highest BCUT2D eigenvalue weighted by Gasteiger charge is 2.23. The van der Waals surface area contributed by atoms with Crippen LogP contribution in [0, 0.1) is 5.82 Å². The summed E-state index contributed by atoms with van der Waals surface area (Å²) in [7, 11) is 0. The minimum absolute atomic E-state index is 0.152. The van der Waals surface area contributed by atoms with Gasteiger partial charge >= 0.3 is 0 Å². The zero-order valence-electron chi connectivity index (χ0n) is 10.9. The first kappa shape index (κ1) is 12.2. The first-order valence-electron chi connectivity index (χ1n) is 6.67. The molecule has 1 amide bonds. The first-order chi connectivity index (χ1) is 9.15. The zero-order valence-corrected chi connectivity index (χ0v) is 10.9. The Labute approximate surface area is 111 Å². The SMILES string of the molecule is CC(=O)N1CCC(c2c[nH]c3cc(F)ccc23)CC1. The molecule has 1 aromatic carbocycles. The molecule has 2 aromatic rings. The molecule has 0 radical (unpaired) electrons. The molecule has 0 unspecified atom stereocenters. The number of H-pyrrole nitrogens is 1. The van der Waals surface area contributed by atoms with Crippen LogP contribution in [0.3, 0.4) is 0 Å². The fourth-order valence-electron chi connectivity index (χ4n) is 2.96. The van der Waals surface area contributed by atoms with Gasteiger partial charge in [0.25, 0.3) is 0 Å². The number of nitrogens with one attached hydrogen (secondary N) is 1. The quantitative estimate of drug-likeness (QED) is 0.840. The summed E-state index contributed by atoms with van der Waals surface area (Å²) in [4.78, 5) is 16.4. The fourth-order valence-corrected chi connectivity index (χ4v) is 2.96. The second-order valence-corrected chi connectivity index (χ2v) is 5.21. The van der Waals surface area contributed by atoms with E-state index in [1.165, 1.54) is 17.7 Å². The second-order valence-electron chi connectivity index (χ2n) is 5.21. The van der Waals surface area contributed by atoms with Crippen molar-refractivity contribution in [3.8, 4) is 0 Å². The number of carbonyl (C=O) groups is 1. The molecule has 0 bridgehead atoms. The van der Waals surface area contributed by atoms with Crippen molar-refractivity contribution in [1.82, 2.24) is 9.88 Å². The Bertz CT molecular complexity index is 612. The van der Waals surface area contributed by atoms with Crippen molar-refractivity contribution in [2.45, 2.75) is 25.7 Å². The Morgan fingerprint density at radius 1 is 1.37 bits per heavy atom. The summed E-state index contributed by atoms with van der Waals surface area (Å²) < 4.78 is 13.2. The van der Waals surface area contributed by atoms with Crippen LogP contribution < -0.4 is 0 Å². The lowest BCUT2D eigenvalue weighted by Crippen LogP contribution is -2.36. The lowest BCUT2D eigenvalue weighted by Gasteiger charge is -2.31. The topological polar surface area (TPSA) is 36.1 Å². The van der Waals surface area contributed by atoms with Crippen LogP contribution in [-0.4, -0.2) is 28.9 Å². The Morgan fingerprint density at radius 3 is 2.79 bits per heavy atom. The van der Waals surface area contributed by atoms with E-state index in [9.17, 15) is 9.18 Å². The van der Waals surface area contributed by atoms with E-state index in [4.69, 9.17) is 0 Å². The van der Waals surface area contributed by atoms with Gasteiger partial charge in [0.05, 0.1) is 0 Å². The molecule has 1 fully saturated rings. The van der Waals surface area contributed by atoms with Crippen LogP contribution in [0.25, 0.3) is 10.9 Å². The first-order valence-corrected chi connectivity index (χ1v) is 6.67. The van der Waals surface area contributed by atoms with Crippen LogP contribution in [-0.2, 0) is 4.79 Å². The Morgan fingerprint density at radius 2 is 2.11 bits per heavy atom. The summed E-state index contributed by atoms with van der Waals surface area (Å²) in [5, 5.41) is 1.10. The highest BCUT2D eigenvalue weighted by Crippen LogP contribution is 2.33. The van der Waals surface area contributed by atoms with Gasteiger partial charge in [0, 0.05) is 37.1 Å². The number of aromatic amines is 1. The fraction of sp³-hybridized carbons (Fsp3) is 0.400. The number of halogens is 1. The number of carbonyl (C=O) groups excluding carboxylic acids is 1. The molecule has 4 heteroatoms. The van der Waals surface area contributed by atoms with Gasteiger partial charge in [-0.1, -0.05) is 0 Å². The molecular formula is C15H17FN2O. The minimum Gasteiger partial charge on any atom is -0.361 e. The third kappa shape index (κ3) is 2.23. The van der Waals surface area contributed by atoms with E-state index in [1.54, 1.807) is 6.92 Å². The number of nitrogens with zero attached hydrogens (tertiary/aromatic N) is 1. The summed E-state index contributed by atoms with van der Waals surface area (Å²) in [6, 6.07) is 4.88. The summed E-state index contributed by atoms with van der Waals surface area (Å²) >= 11 is 0. The van der Waals surface area contributed by atoms with Crippen LogP contribution in [0.2, 0.25) is 0 Å². The number of fused-ring (bicyclic) bond motifs is 1. The normalized spacial score (nSPS) is 17.1. The number of benzene rings is 1. The van der Waals surface area contributed by atoms with E-state index in [0.717, 1.165) is 36.8 Å². The van der Waals surface area contributed by atoms with Crippen LogP contribution in [0.5, 0.6) is 0 Å². The number of aromatic nitrogens is 1. The molecule has 19 heavy (non-hydrogen) atoms. The molecule has 2 heterocycles. The van der Waals surface area contributed by atoms with Crippen molar-refractivity contribution in [3.05, 3.63) is 35.8 Å². The molecular weight excluding hydrogens is 243 g/mol. The molecule has 3 nitrogen and oxygen atoms in total. The lowest BCUT2D eigenvalue weighted by molar-refractivity contribution is -0.129. The van der Waals surface area contributed by atoms with Crippen molar-refractivity contribution in [1.29, 1.82) is 0 Å². The monoisotopic (exact) mass is 260 g/mol. The maximum absolute atomic E-state index is 13.2. The highest BCUT2D eigenvalue weighted by molar-refractivity contribution is 5.83. The van der Waals surface area contributed by atoms with Crippen molar-refractivity contribution >= 4 is 16.8 Å². The summed E-state index contributed by atoms with van der Waals surface area (Å²) in [5.41, 5.74) is 2.10. The lowest BCUT2D eigenvalue weighted by atomic mass is 9.89. The number of hydrogen-bond acceptors (Lipinski definition) is 1. The molecule has 1 N–H and O–H groups in total. The van der Waals surface area contributed by atoms with Crippen molar-refractivity contribution in [3.63, 3.8) is 0 Å². The van der Waals surface area contributed by atoms with Gasteiger partial charge in [0.1, 0.15) is 5.82 Å². The molecule has 1 aliphatic rings. The maximum atomic E-state index is 13.2. The zero-order chi connectivity index (χ0) is 13.4. The average Bonchev–Trinajstić information content (AvgIpc) is 2.81. The Kier molecular flexibility index (Phi) is 3.01. The molecule has 1 saturated heterocycles. The molecule has 0 atom stereocenters. The standard InChI is InChI=1S/C15H17FN2O/c1-10(19)18-6-4-11(5-7-18)14-9-17-15-8-12(16)2-3-13(14)15/h2-3,8-9,11,17H,4-7H2,1H3. The van der Waals surface area contributed by atoms with Gasteiger partial charge in [0.2, 0.25) is 5.91 Å². The van der Waals surface area contributed by atoms with Crippen molar-refractivity contribution < 1.29 is 9.18 Å². The molecule has 100 valence electrons. The summed E-state index contributed by atoms with van der Waals surface area (Å²) in [6.45, 7) is 3.25. The van der Waals surface area contributed by atoms with Gasteiger partial charge in [0.15, 0.2) is 0 Å². The van der Waals surface area contributed by atoms with Crippen LogP contribution in [0.1, 0.15) is 31.2 Å². The van der Waals surface area contributed by atoms with E-state index in [2.05, 4.69) is 4.98 Å². The van der Waals surface area contributed by atoms with Crippen LogP contribution in [0.15, 0.2) is 24.4 Å². The second kappa shape index (κ2) is 4.68. The van der Waals surface area contributed by atoms with E-state index >= 15 is 0 Å². The molecule has 0 saturated carbocycles. The van der Waals surface area contributed by atoms with Crippen molar-refractivity contribution in [2.24, 2.45) is 0 Å². The Balaban J connectivity index is 1.84. The summed E-state index contributed by atoms with van der Waals surface area (Å²) in [5.74, 6) is 0.390. The van der Waals surface area contributed by atoms with E-state index in [0.29, 0.717) is 5.92 Å². The van der Waals surface area contributed by atoms with Gasteiger partial charge in [-0.3, -0.25) is 4.79 Å². The van der Waals surface area contributed by atoms with E-state index < -0.39 is 0 Å². The number of amides is 1. The van der Waals surface area contributed by atoms with Gasteiger partial charge < -0.3 is 9.88 Å². The predicted octanol–water partition coefficient (Wildman–Crippen LogP) is 3.03. The Hall–Kier alpha value is -1.84. The largest absolute Gasteiger partial charge is 0.361 e. The van der Waals surface area contributed by atoms with E-state index in [1.807, 2.05) is 17.2 Å². The minimum atomic E-state index is -0.215. The van der Waals surface area contributed by atoms with Crippen LogP contribution in [0.4, 0.5) is 4.39 Å². The number of hydrogen-bond donors (Lipinski definition) is 1. The molecule has 3 rings (SSSR count). The number of piperidine rings is 1. The summed E-state index contributed by atoms with van der Waals surface area (Å²) in [6.07, 6.45) is 3.94. The van der Waals surface area contributed by atoms with Crippen LogP contribution >= 0.6 is 0 Å². The molecule has 1 aliphatic heterocycles. The van der Waals surface area contributed by atoms with E-state index in [-0.39, 0.29) is 11.7 Å².